The van der Waals surface area contributed by atoms with E-state index in [0.29, 0.717) is 23.0 Å². The van der Waals surface area contributed by atoms with Crippen molar-refractivity contribution in [1.82, 2.24) is 4.90 Å². The summed E-state index contributed by atoms with van der Waals surface area (Å²) in [7, 11) is 1.70. The molecule has 104 valence electrons. The molecule has 19 heavy (non-hydrogen) atoms. The normalized spacial score (nSPS) is 23.5. The number of halogens is 2. The van der Waals surface area contributed by atoms with Gasteiger partial charge in [-0.3, -0.25) is 4.79 Å². The number of nitrogens with zero attached hydrogens (tertiary/aromatic N) is 1. The van der Waals surface area contributed by atoms with Crippen LogP contribution in [0.4, 0.5) is 0 Å². The second-order valence-electron chi connectivity index (χ2n) is 4.92. The van der Waals surface area contributed by atoms with Crippen molar-refractivity contribution in [3.63, 3.8) is 0 Å². The lowest BCUT2D eigenvalue weighted by Gasteiger charge is -2.36. The first kappa shape index (κ1) is 14.8. The van der Waals surface area contributed by atoms with E-state index in [1.807, 2.05) is 4.90 Å². The molecule has 0 aliphatic carbocycles. The molecule has 0 radical (unpaired) electrons. The van der Waals surface area contributed by atoms with Gasteiger partial charge in [-0.1, -0.05) is 18.5 Å². The molecule has 1 fully saturated rings. The van der Waals surface area contributed by atoms with E-state index in [9.17, 15) is 4.79 Å². The molecule has 1 heterocycles. The van der Waals surface area contributed by atoms with Crippen LogP contribution in [0.1, 0.15) is 23.7 Å². The Bertz CT molecular complexity index is 481. The van der Waals surface area contributed by atoms with Gasteiger partial charge in [-0.2, -0.15) is 0 Å². The van der Waals surface area contributed by atoms with Gasteiger partial charge in [-0.05, 0) is 46.5 Å². The van der Waals surface area contributed by atoms with Crippen LogP contribution in [-0.4, -0.2) is 37.1 Å². The number of amides is 1. The van der Waals surface area contributed by atoms with E-state index < -0.39 is 0 Å². The minimum absolute atomic E-state index is 0.0170. The average molecular weight is 347 g/mol. The van der Waals surface area contributed by atoms with Gasteiger partial charge < -0.3 is 9.64 Å². The highest BCUT2D eigenvalue weighted by Gasteiger charge is 2.29. The first-order valence-corrected chi connectivity index (χ1v) is 7.47. The summed E-state index contributed by atoms with van der Waals surface area (Å²) in [4.78, 5) is 14.3. The van der Waals surface area contributed by atoms with Crippen LogP contribution < -0.4 is 0 Å². The Kier molecular flexibility index (Phi) is 4.87. The molecule has 1 aliphatic rings. The van der Waals surface area contributed by atoms with E-state index in [0.717, 1.165) is 17.4 Å². The van der Waals surface area contributed by atoms with E-state index in [-0.39, 0.29) is 12.0 Å². The number of rotatable bonds is 2. The maximum Gasteiger partial charge on any atom is 0.253 e. The van der Waals surface area contributed by atoms with Crippen molar-refractivity contribution in [2.45, 2.75) is 19.4 Å². The Morgan fingerprint density at radius 3 is 2.89 bits per heavy atom. The summed E-state index contributed by atoms with van der Waals surface area (Å²) in [5.74, 6) is 0.505. The van der Waals surface area contributed by atoms with Crippen molar-refractivity contribution in [2.24, 2.45) is 5.92 Å². The van der Waals surface area contributed by atoms with Crippen LogP contribution in [-0.2, 0) is 4.74 Å². The van der Waals surface area contributed by atoms with Crippen molar-refractivity contribution in [3.8, 4) is 0 Å². The summed E-state index contributed by atoms with van der Waals surface area (Å²) < 4.78 is 6.23. The third-order valence-corrected chi connectivity index (χ3v) is 4.88. The van der Waals surface area contributed by atoms with Gasteiger partial charge in [0.15, 0.2) is 0 Å². The van der Waals surface area contributed by atoms with Crippen molar-refractivity contribution in [2.75, 3.05) is 20.2 Å². The fourth-order valence-corrected chi connectivity index (χ4v) is 2.76. The van der Waals surface area contributed by atoms with Gasteiger partial charge in [0.05, 0.1) is 11.1 Å². The molecule has 2 rings (SSSR count). The zero-order valence-electron chi connectivity index (χ0n) is 11.0. The van der Waals surface area contributed by atoms with Gasteiger partial charge >= 0.3 is 0 Å². The number of carbonyl (C=O) groups is 1. The van der Waals surface area contributed by atoms with Crippen LogP contribution in [0, 0.1) is 5.92 Å². The highest BCUT2D eigenvalue weighted by Crippen LogP contribution is 2.25. The van der Waals surface area contributed by atoms with Crippen LogP contribution in [0.2, 0.25) is 5.02 Å². The lowest BCUT2D eigenvalue weighted by atomic mass is 9.95. The molecule has 5 heteroatoms. The number of likely N-dealkylation sites (tertiary alicyclic amines) is 1. The molecule has 0 saturated carbocycles. The second-order valence-corrected chi connectivity index (χ2v) is 6.18. The minimum Gasteiger partial charge on any atom is -0.379 e. The lowest BCUT2D eigenvalue weighted by Crippen LogP contribution is -2.46. The molecular weight excluding hydrogens is 330 g/mol. The zero-order valence-corrected chi connectivity index (χ0v) is 13.4. The summed E-state index contributed by atoms with van der Waals surface area (Å²) in [6.45, 7) is 3.57. The van der Waals surface area contributed by atoms with Gasteiger partial charge in [0, 0.05) is 30.2 Å². The Morgan fingerprint density at radius 1 is 1.53 bits per heavy atom. The van der Waals surface area contributed by atoms with E-state index in [4.69, 9.17) is 16.3 Å². The topological polar surface area (TPSA) is 29.5 Å². The Morgan fingerprint density at radius 2 is 2.26 bits per heavy atom. The molecule has 1 aromatic rings. The van der Waals surface area contributed by atoms with E-state index in [1.54, 1.807) is 25.3 Å². The summed E-state index contributed by atoms with van der Waals surface area (Å²) in [6, 6.07) is 5.29. The van der Waals surface area contributed by atoms with Crippen molar-refractivity contribution >= 4 is 33.4 Å². The van der Waals surface area contributed by atoms with Gasteiger partial charge in [0.25, 0.3) is 5.91 Å². The summed E-state index contributed by atoms with van der Waals surface area (Å²) in [5.41, 5.74) is 0.623. The van der Waals surface area contributed by atoms with Crippen LogP contribution in [0.5, 0.6) is 0 Å². The molecule has 1 amide bonds. The van der Waals surface area contributed by atoms with E-state index in [1.165, 1.54) is 0 Å². The molecule has 2 unspecified atom stereocenters. The predicted octanol–water partition coefficient (Wildman–Crippen LogP) is 3.60. The van der Waals surface area contributed by atoms with Crippen LogP contribution in [0.25, 0.3) is 0 Å². The Hall–Kier alpha value is -0.580. The average Bonchev–Trinajstić information content (AvgIpc) is 2.41. The summed E-state index contributed by atoms with van der Waals surface area (Å²) in [5, 5.41) is 0.555. The molecule has 0 N–H and O–H groups in total. The van der Waals surface area contributed by atoms with Crippen LogP contribution in [0.15, 0.2) is 22.7 Å². The third-order valence-electron chi connectivity index (χ3n) is 3.65. The number of piperidine rings is 1. The van der Waals surface area contributed by atoms with Gasteiger partial charge in [0.1, 0.15) is 0 Å². The minimum atomic E-state index is 0.0170. The van der Waals surface area contributed by atoms with Gasteiger partial charge in [0.2, 0.25) is 0 Å². The molecule has 0 spiro atoms. The summed E-state index contributed by atoms with van der Waals surface area (Å²) >= 11 is 9.36. The quantitative estimate of drug-likeness (QED) is 0.819. The highest BCUT2D eigenvalue weighted by molar-refractivity contribution is 9.10. The molecule has 0 bridgehead atoms. The Balaban J connectivity index is 2.13. The van der Waals surface area contributed by atoms with Crippen LogP contribution in [0.3, 0.4) is 0 Å². The molecular formula is C14H17BrClNO2. The number of hydrogen-bond donors (Lipinski definition) is 0. The first-order valence-electron chi connectivity index (χ1n) is 6.30. The maximum atomic E-state index is 12.4. The maximum absolute atomic E-state index is 12.4. The molecule has 1 saturated heterocycles. The molecule has 1 aliphatic heterocycles. The molecule has 3 nitrogen and oxygen atoms in total. The van der Waals surface area contributed by atoms with Gasteiger partial charge in [-0.25, -0.2) is 0 Å². The number of hydrogen-bond acceptors (Lipinski definition) is 2. The SMILES string of the molecule is COC1CN(C(=O)c2ccc(Br)c(Cl)c2)CCC1C. The third kappa shape index (κ3) is 3.30. The fourth-order valence-electron chi connectivity index (χ4n) is 2.34. The fraction of sp³-hybridized carbons (Fsp3) is 0.500. The second kappa shape index (κ2) is 6.25. The Labute approximate surface area is 127 Å². The lowest BCUT2D eigenvalue weighted by molar-refractivity contribution is -0.00156. The number of methoxy groups -OCH3 is 1. The smallest absolute Gasteiger partial charge is 0.253 e. The zero-order chi connectivity index (χ0) is 14.0. The van der Waals surface area contributed by atoms with E-state index in [2.05, 4.69) is 22.9 Å². The molecule has 1 aromatic carbocycles. The molecule has 2 atom stereocenters. The highest BCUT2D eigenvalue weighted by atomic mass is 79.9. The number of benzene rings is 1. The van der Waals surface area contributed by atoms with Gasteiger partial charge in [-0.15, -0.1) is 0 Å². The van der Waals surface area contributed by atoms with Crippen LogP contribution >= 0.6 is 27.5 Å². The summed E-state index contributed by atoms with van der Waals surface area (Å²) in [6.07, 6.45) is 1.08. The molecule has 0 aromatic heterocycles. The largest absolute Gasteiger partial charge is 0.379 e. The number of carbonyl (C=O) groups excluding carboxylic acids is 1. The first-order chi connectivity index (χ1) is 9.02. The predicted molar refractivity (Wildman–Crippen MR) is 79.6 cm³/mol. The standard InChI is InChI=1S/C14H17BrClNO2/c1-9-5-6-17(8-13(9)19-2)14(18)10-3-4-11(15)12(16)7-10/h3-4,7,9,13H,5-6,8H2,1-2H3. The number of ether oxygens (including phenoxy) is 1. The van der Waals surface area contributed by atoms with Crippen molar-refractivity contribution in [3.05, 3.63) is 33.3 Å². The van der Waals surface area contributed by atoms with E-state index >= 15 is 0 Å². The monoisotopic (exact) mass is 345 g/mol. The van der Waals surface area contributed by atoms with Crippen molar-refractivity contribution in [1.29, 1.82) is 0 Å². The van der Waals surface area contributed by atoms with Crippen molar-refractivity contribution < 1.29 is 9.53 Å².